The molecule has 2 N–H and O–H groups in total. The van der Waals surface area contributed by atoms with E-state index in [9.17, 15) is 4.21 Å². The number of fused-ring (bicyclic) bond motifs is 3. The highest BCUT2D eigenvalue weighted by Gasteiger charge is 2.36. The highest BCUT2D eigenvalue weighted by molar-refractivity contribution is 7.86. The van der Waals surface area contributed by atoms with E-state index in [-0.39, 0.29) is 11.8 Å². The van der Waals surface area contributed by atoms with Gasteiger partial charge in [-0.05, 0) is 23.5 Å². The van der Waals surface area contributed by atoms with E-state index < -0.39 is 11.0 Å². The number of rotatable bonds is 4. The summed E-state index contributed by atoms with van der Waals surface area (Å²) in [6, 6.07) is 7.97. The Balaban J connectivity index is 2.13. The largest absolute Gasteiger partial charge is 0.383 e. The Morgan fingerprint density at radius 2 is 2.16 bits per heavy atom. The fourth-order valence-electron chi connectivity index (χ4n) is 3.46. The molecule has 0 fully saturated rings. The zero-order valence-electron chi connectivity index (χ0n) is 14.6. The van der Waals surface area contributed by atoms with E-state index in [4.69, 9.17) is 11.0 Å². The smallest absolute Gasteiger partial charge is 0.131 e. The van der Waals surface area contributed by atoms with Gasteiger partial charge in [0.15, 0.2) is 0 Å². The molecule has 1 unspecified atom stereocenters. The number of nitrogens with zero attached hydrogens (tertiary/aromatic N) is 4. The Hall–Kier alpha value is -2.46. The normalized spacial score (nSPS) is 15.6. The topological polar surface area (TPSA) is 95.9 Å². The van der Waals surface area contributed by atoms with Crippen molar-refractivity contribution in [2.45, 2.75) is 32.1 Å². The summed E-state index contributed by atoms with van der Waals surface area (Å²) in [5.74, 6) is 0.836. The average molecular weight is 355 g/mol. The van der Waals surface area contributed by atoms with Crippen molar-refractivity contribution in [3.63, 3.8) is 0 Å². The summed E-state index contributed by atoms with van der Waals surface area (Å²) in [5.41, 5.74) is 10.7. The highest BCUT2D eigenvalue weighted by atomic mass is 32.2. The molecule has 0 bridgehead atoms. The number of aromatic nitrogens is 2. The molecule has 25 heavy (non-hydrogen) atoms. The summed E-state index contributed by atoms with van der Waals surface area (Å²) in [6.45, 7) is 4.25. The Labute approximate surface area is 150 Å². The molecule has 1 aliphatic rings. The van der Waals surface area contributed by atoms with E-state index in [2.05, 4.69) is 23.8 Å². The summed E-state index contributed by atoms with van der Waals surface area (Å²) in [6.07, 6.45) is 2.51. The lowest BCUT2D eigenvalue weighted by Crippen LogP contribution is -2.31. The second-order valence-electron chi connectivity index (χ2n) is 6.78. The summed E-state index contributed by atoms with van der Waals surface area (Å²) >= 11 is 0. The molecule has 1 heterocycles. The fraction of sp³-hybridized carbons (Fsp3) is 0.389. The Morgan fingerprint density at radius 3 is 2.88 bits per heavy atom. The van der Waals surface area contributed by atoms with Crippen molar-refractivity contribution in [3.05, 3.63) is 35.7 Å². The van der Waals surface area contributed by atoms with Crippen LogP contribution in [-0.2, 0) is 22.8 Å². The molecule has 1 aromatic carbocycles. The van der Waals surface area contributed by atoms with E-state index in [0.29, 0.717) is 11.6 Å². The van der Waals surface area contributed by atoms with Crippen molar-refractivity contribution in [1.82, 2.24) is 9.97 Å². The van der Waals surface area contributed by atoms with Gasteiger partial charge in [-0.2, -0.15) is 5.26 Å². The first-order chi connectivity index (χ1) is 11.9. The van der Waals surface area contributed by atoms with Crippen molar-refractivity contribution >= 4 is 22.5 Å². The lowest BCUT2D eigenvalue weighted by atomic mass is 9.71. The first-order valence-corrected chi connectivity index (χ1v) is 9.37. The van der Waals surface area contributed by atoms with Gasteiger partial charge in [-0.1, -0.05) is 26.0 Å². The van der Waals surface area contributed by atoms with Crippen LogP contribution < -0.4 is 10.0 Å². The van der Waals surface area contributed by atoms with Gasteiger partial charge in [-0.25, -0.2) is 14.2 Å². The van der Waals surface area contributed by atoms with Crippen LogP contribution in [0.2, 0.25) is 0 Å². The molecule has 6 nitrogen and oxygen atoms in total. The summed E-state index contributed by atoms with van der Waals surface area (Å²) < 4.78 is 14.2. The van der Waals surface area contributed by atoms with Gasteiger partial charge >= 0.3 is 0 Å². The quantitative estimate of drug-likeness (QED) is 0.909. The van der Waals surface area contributed by atoms with Gasteiger partial charge in [0.2, 0.25) is 0 Å². The summed E-state index contributed by atoms with van der Waals surface area (Å²) in [7, 11) is 0.558. The maximum absolute atomic E-state index is 12.5. The number of nitrogens with two attached hydrogens (primary N) is 1. The monoisotopic (exact) mass is 355 g/mol. The second kappa shape index (κ2) is 6.45. The number of nitrogen functional groups attached to an aromatic ring is 1. The Kier molecular flexibility index (Phi) is 4.48. The van der Waals surface area contributed by atoms with Crippen LogP contribution in [0.4, 0.5) is 11.5 Å². The SMILES string of the molecule is CN(c1cccc2c1CC(C)(C)c1c(N)ncnc1-2)S(=O)CCC#N. The molecule has 0 aliphatic heterocycles. The van der Waals surface area contributed by atoms with Crippen molar-refractivity contribution < 1.29 is 4.21 Å². The Morgan fingerprint density at radius 1 is 1.40 bits per heavy atom. The minimum atomic E-state index is -1.25. The third-order valence-electron chi connectivity index (χ3n) is 4.61. The predicted octanol–water partition coefficient (Wildman–Crippen LogP) is 2.57. The molecule has 1 aliphatic carbocycles. The number of anilines is 2. The highest BCUT2D eigenvalue weighted by Crippen LogP contribution is 2.46. The molecule has 1 atom stereocenters. The van der Waals surface area contributed by atoms with Crippen LogP contribution in [0.5, 0.6) is 0 Å². The third-order valence-corrected chi connectivity index (χ3v) is 5.97. The molecule has 2 aromatic rings. The molecule has 0 spiro atoms. The van der Waals surface area contributed by atoms with Crippen molar-refractivity contribution in [2.24, 2.45) is 0 Å². The summed E-state index contributed by atoms with van der Waals surface area (Å²) in [4.78, 5) is 8.64. The molecule has 130 valence electrons. The average Bonchev–Trinajstić information content (AvgIpc) is 2.58. The number of nitriles is 1. The number of benzene rings is 1. The molecule has 0 amide bonds. The fourth-order valence-corrected chi connectivity index (χ4v) is 4.39. The van der Waals surface area contributed by atoms with Crippen LogP contribution in [-0.4, -0.2) is 27.0 Å². The molecular formula is C18H21N5OS. The first-order valence-electron chi connectivity index (χ1n) is 8.09. The minimum absolute atomic E-state index is 0.223. The van der Waals surface area contributed by atoms with Gasteiger partial charge in [0.05, 0.1) is 23.2 Å². The molecule has 0 saturated heterocycles. The molecule has 1 aromatic heterocycles. The van der Waals surface area contributed by atoms with E-state index in [1.807, 2.05) is 24.3 Å². The van der Waals surface area contributed by atoms with Crippen LogP contribution >= 0.6 is 0 Å². The predicted molar refractivity (Wildman–Crippen MR) is 100 cm³/mol. The van der Waals surface area contributed by atoms with E-state index in [1.165, 1.54) is 6.33 Å². The zero-order chi connectivity index (χ0) is 18.2. The standard InChI is InChI=1S/C18H21N5OS/c1-18(2)10-13-12(16-15(18)17(20)22-11-21-16)6-4-7-14(13)23(3)25(24)9-5-8-19/h4,6-7,11H,5,9-10H2,1-3H3,(H2,20,21,22). The maximum atomic E-state index is 12.5. The van der Waals surface area contributed by atoms with Crippen LogP contribution in [0.3, 0.4) is 0 Å². The van der Waals surface area contributed by atoms with Crippen LogP contribution in [0, 0.1) is 11.3 Å². The zero-order valence-corrected chi connectivity index (χ0v) is 15.4. The van der Waals surface area contributed by atoms with E-state index in [0.717, 1.165) is 34.5 Å². The summed E-state index contributed by atoms with van der Waals surface area (Å²) in [5, 5.41) is 8.73. The van der Waals surface area contributed by atoms with Gasteiger partial charge < -0.3 is 5.73 Å². The lowest BCUT2D eigenvalue weighted by molar-refractivity contribution is 0.515. The first kappa shape index (κ1) is 17.4. The molecule has 0 radical (unpaired) electrons. The second-order valence-corrected chi connectivity index (χ2v) is 8.38. The molecule has 7 heteroatoms. The van der Waals surface area contributed by atoms with Gasteiger partial charge in [0.1, 0.15) is 23.1 Å². The van der Waals surface area contributed by atoms with E-state index in [1.54, 1.807) is 11.4 Å². The molecular weight excluding hydrogens is 334 g/mol. The third kappa shape index (κ3) is 2.98. The van der Waals surface area contributed by atoms with Crippen molar-refractivity contribution in [1.29, 1.82) is 5.26 Å². The van der Waals surface area contributed by atoms with Crippen molar-refractivity contribution in [3.8, 4) is 17.3 Å². The van der Waals surface area contributed by atoms with Gasteiger partial charge in [0, 0.05) is 24.6 Å². The lowest BCUT2D eigenvalue weighted by Gasteiger charge is -2.36. The van der Waals surface area contributed by atoms with Crippen molar-refractivity contribution in [2.75, 3.05) is 22.8 Å². The maximum Gasteiger partial charge on any atom is 0.131 e. The van der Waals surface area contributed by atoms with Crippen LogP contribution in [0.1, 0.15) is 31.4 Å². The van der Waals surface area contributed by atoms with Gasteiger partial charge in [-0.15, -0.1) is 0 Å². The molecule has 3 rings (SSSR count). The van der Waals surface area contributed by atoms with Crippen LogP contribution in [0.15, 0.2) is 24.5 Å². The van der Waals surface area contributed by atoms with Gasteiger partial charge in [0.25, 0.3) is 0 Å². The minimum Gasteiger partial charge on any atom is -0.383 e. The van der Waals surface area contributed by atoms with Crippen LogP contribution in [0.25, 0.3) is 11.3 Å². The Bertz CT molecular complexity index is 888. The number of hydrogen-bond donors (Lipinski definition) is 1. The number of hydrogen-bond acceptors (Lipinski definition) is 5. The van der Waals surface area contributed by atoms with Gasteiger partial charge in [-0.3, -0.25) is 4.31 Å². The van der Waals surface area contributed by atoms with E-state index >= 15 is 0 Å². The molecule has 0 saturated carbocycles.